The summed E-state index contributed by atoms with van der Waals surface area (Å²) in [5.41, 5.74) is 6.05. The quantitative estimate of drug-likeness (QED) is 0.754. The third-order valence-electron chi connectivity index (χ3n) is 3.07. The molecule has 0 spiro atoms. The zero-order valence-electron chi connectivity index (χ0n) is 11.1. The van der Waals surface area contributed by atoms with Gasteiger partial charge in [-0.25, -0.2) is 8.42 Å². The lowest BCUT2D eigenvalue weighted by Crippen LogP contribution is -2.51. The van der Waals surface area contributed by atoms with E-state index in [1.165, 1.54) is 10.6 Å². The van der Waals surface area contributed by atoms with Crippen molar-refractivity contribution >= 4 is 10.0 Å². The molecule has 5 nitrogen and oxygen atoms in total. The van der Waals surface area contributed by atoms with Crippen LogP contribution in [0.15, 0.2) is 0 Å². The van der Waals surface area contributed by atoms with Crippen molar-refractivity contribution in [1.29, 1.82) is 0 Å². The van der Waals surface area contributed by atoms with Crippen LogP contribution < -0.4 is 5.73 Å². The summed E-state index contributed by atoms with van der Waals surface area (Å²) < 4.78 is 24.2. The van der Waals surface area contributed by atoms with Gasteiger partial charge in [-0.15, -0.1) is 0 Å². The second kappa shape index (κ2) is 6.13. The number of sulfonamides is 1. The molecule has 1 rings (SSSR count). The molecule has 1 saturated heterocycles. The Morgan fingerprint density at radius 1 is 1.18 bits per heavy atom. The van der Waals surface area contributed by atoms with Crippen LogP contribution in [0.2, 0.25) is 0 Å². The van der Waals surface area contributed by atoms with Crippen molar-refractivity contribution in [2.45, 2.75) is 26.3 Å². The Kier molecular flexibility index (Phi) is 5.37. The lowest BCUT2D eigenvalue weighted by atomic mass is 10.0. The van der Waals surface area contributed by atoms with E-state index in [9.17, 15) is 8.42 Å². The molecule has 102 valence electrons. The van der Waals surface area contributed by atoms with E-state index in [2.05, 4.69) is 18.7 Å². The van der Waals surface area contributed by atoms with Crippen molar-refractivity contribution in [1.82, 2.24) is 9.21 Å². The summed E-state index contributed by atoms with van der Waals surface area (Å²) >= 11 is 0. The molecule has 0 aromatic heterocycles. The van der Waals surface area contributed by atoms with Crippen molar-refractivity contribution in [2.75, 3.05) is 39.0 Å². The Hall–Kier alpha value is -0.170. The Morgan fingerprint density at radius 3 is 2.12 bits per heavy atom. The Labute approximate surface area is 105 Å². The van der Waals surface area contributed by atoms with E-state index in [0.717, 1.165) is 26.1 Å². The lowest BCUT2D eigenvalue weighted by Gasteiger charge is -2.34. The van der Waals surface area contributed by atoms with E-state index in [0.29, 0.717) is 19.0 Å². The highest BCUT2D eigenvalue weighted by molar-refractivity contribution is 7.88. The van der Waals surface area contributed by atoms with Crippen molar-refractivity contribution in [3.63, 3.8) is 0 Å². The first-order valence-electron chi connectivity index (χ1n) is 6.22. The van der Waals surface area contributed by atoms with Crippen molar-refractivity contribution < 1.29 is 8.42 Å². The normalized spacial score (nSPS) is 21.9. The van der Waals surface area contributed by atoms with Gasteiger partial charge >= 0.3 is 0 Å². The van der Waals surface area contributed by atoms with Gasteiger partial charge in [0.05, 0.1) is 6.26 Å². The van der Waals surface area contributed by atoms with Crippen LogP contribution in [0.25, 0.3) is 0 Å². The summed E-state index contributed by atoms with van der Waals surface area (Å²) in [4.78, 5) is 2.26. The Balaban J connectivity index is 2.33. The molecule has 0 radical (unpaired) electrons. The number of nitrogens with two attached hydrogens (primary N) is 1. The van der Waals surface area contributed by atoms with E-state index in [-0.39, 0.29) is 6.04 Å². The molecule has 1 atom stereocenters. The summed E-state index contributed by atoms with van der Waals surface area (Å²) in [5.74, 6) is 0.613. The molecule has 17 heavy (non-hydrogen) atoms. The van der Waals surface area contributed by atoms with Crippen molar-refractivity contribution in [3.8, 4) is 0 Å². The molecule has 6 heteroatoms. The molecule has 1 heterocycles. The van der Waals surface area contributed by atoms with E-state index in [4.69, 9.17) is 5.73 Å². The molecule has 0 bridgehead atoms. The van der Waals surface area contributed by atoms with E-state index in [1.807, 2.05) is 0 Å². The second-order valence-corrected chi connectivity index (χ2v) is 7.33. The average Bonchev–Trinajstić information content (AvgIpc) is 2.15. The largest absolute Gasteiger partial charge is 0.327 e. The summed E-state index contributed by atoms with van der Waals surface area (Å²) in [7, 11) is -3.02. The van der Waals surface area contributed by atoms with Gasteiger partial charge < -0.3 is 5.73 Å². The molecule has 0 saturated carbocycles. The van der Waals surface area contributed by atoms with Crippen LogP contribution >= 0.6 is 0 Å². The molecule has 1 unspecified atom stereocenters. The minimum atomic E-state index is -3.02. The lowest BCUT2D eigenvalue weighted by molar-refractivity contribution is 0.175. The van der Waals surface area contributed by atoms with Crippen molar-refractivity contribution in [2.24, 2.45) is 11.7 Å². The van der Waals surface area contributed by atoms with Gasteiger partial charge in [0.25, 0.3) is 0 Å². The first-order valence-corrected chi connectivity index (χ1v) is 8.07. The summed E-state index contributed by atoms with van der Waals surface area (Å²) in [6.07, 6.45) is 2.29. The van der Waals surface area contributed by atoms with Crippen LogP contribution in [0.4, 0.5) is 0 Å². The topological polar surface area (TPSA) is 66.6 Å². The third kappa shape index (κ3) is 5.33. The smallest absolute Gasteiger partial charge is 0.211 e. The van der Waals surface area contributed by atoms with Gasteiger partial charge in [-0.1, -0.05) is 13.8 Å². The first-order chi connectivity index (χ1) is 7.79. The van der Waals surface area contributed by atoms with Gasteiger partial charge in [-0.2, -0.15) is 4.31 Å². The molecule has 0 amide bonds. The highest BCUT2D eigenvalue weighted by atomic mass is 32.2. The maximum absolute atomic E-state index is 11.3. The van der Waals surface area contributed by atoms with E-state index >= 15 is 0 Å². The molecular formula is C11H25N3O2S. The zero-order chi connectivity index (χ0) is 13.1. The monoisotopic (exact) mass is 263 g/mol. The molecule has 2 N–H and O–H groups in total. The van der Waals surface area contributed by atoms with E-state index < -0.39 is 10.0 Å². The molecular weight excluding hydrogens is 238 g/mol. The minimum absolute atomic E-state index is 0.194. The van der Waals surface area contributed by atoms with Gasteiger partial charge in [0.15, 0.2) is 0 Å². The molecule has 0 aromatic carbocycles. The van der Waals surface area contributed by atoms with Crippen molar-refractivity contribution in [3.05, 3.63) is 0 Å². The standard InChI is InChI=1S/C11H25N3O2S/c1-10(2)8-11(12)9-13-4-6-14(7-5-13)17(3,15)16/h10-11H,4-9,12H2,1-3H3. The third-order valence-corrected chi connectivity index (χ3v) is 4.37. The number of rotatable bonds is 5. The fraction of sp³-hybridized carbons (Fsp3) is 1.00. The minimum Gasteiger partial charge on any atom is -0.327 e. The fourth-order valence-electron chi connectivity index (χ4n) is 2.26. The fourth-order valence-corrected chi connectivity index (χ4v) is 3.08. The zero-order valence-corrected chi connectivity index (χ0v) is 11.9. The average molecular weight is 263 g/mol. The highest BCUT2D eigenvalue weighted by Crippen LogP contribution is 2.09. The van der Waals surface area contributed by atoms with Gasteiger partial charge in [0.2, 0.25) is 10.0 Å². The molecule has 1 aliphatic heterocycles. The Bertz CT molecular complexity index is 322. The van der Waals surface area contributed by atoms with Gasteiger partial charge in [0.1, 0.15) is 0 Å². The van der Waals surface area contributed by atoms with Crippen LogP contribution in [0.3, 0.4) is 0 Å². The number of hydrogen-bond donors (Lipinski definition) is 1. The highest BCUT2D eigenvalue weighted by Gasteiger charge is 2.24. The SMILES string of the molecule is CC(C)CC(N)CN1CCN(S(C)(=O)=O)CC1. The predicted octanol–water partition coefficient (Wildman–Crippen LogP) is -0.0630. The van der Waals surface area contributed by atoms with Crippen LogP contribution in [0, 0.1) is 5.92 Å². The molecule has 1 fully saturated rings. The number of piperazine rings is 1. The van der Waals surface area contributed by atoms with Gasteiger partial charge in [-0.05, 0) is 12.3 Å². The predicted molar refractivity (Wildman–Crippen MR) is 70.3 cm³/mol. The molecule has 0 aliphatic carbocycles. The number of hydrogen-bond acceptors (Lipinski definition) is 4. The maximum atomic E-state index is 11.3. The Morgan fingerprint density at radius 2 is 1.71 bits per heavy atom. The van der Waals surface area contributed by atoms with Crippen LogP contribution in [-0.2, 0) is 10.0 Å². The van der Waals surface area contributed by atoms with Gasteiger partial charge in [0, 0.05) is 38.8 Å². The van der Waals surface area contributed by atoms with E-state index in [1.54, 1.807) is 0 Å². The van der Waals surface area contributed by atoms with Crippen LogP contribution in [0.5, 0.6) is 0 Å². The first kappa shape index (κ1) is 14.9. The van der Waals surface area contributed by atoms with Crippen LogP contribution in [-0.4, -0.2) is 62.6 Å². The number of nitrogens with zero attached hydrogens (tertiary/aromatic N) is 2. The second-order valence-electron chi connectivity index (χ2n) is 5.35. The maximum Gasteiger partial charge on any atom is 0.211 e. The molecule has 0 aromatic rings. The van der Waals surface area contributed by atoms with Gasteiger partial charge in [-0.3, -0.25) is 4.90 Å². The molecule has 1 aliphatic rings. The summed E-state index contributed by atoms with van der Waals surface area (Å²) in [6.45, 7) is 7.97. The summed E-state index contributed by atoms with van der Waals surface area (Å²) in [6, 6.07) is 0.194. The summed E-state index contributed by atoms with van der Waals surface area (Å²) in [5, 5.41) is 0. The van der Waals surface area contributed by atoms with Crippen LogP contribution in [0.1, 0.15) is 20.3 Å².